The molecule has 21 heavy (non-hydrogen) atoms. The Morgan fingerprint density at radius 2 is 1.71 bits per heavy atom. The molecule has 0 radical (unpaired) electrons. The number of carbonyl (C=O) groups is 1. The molecule has 0 bridgehead atoms. The zero-order chi connectivity index (χ0) is 15.5. The Balaban J connectivity index is 2.06. The zero-order valence-electron chi connectivity index (χ0n) is 12.0. The van der Waals surface area contributed by atoms with Gasteiger partial charge in [-0.25, -0.2) is 0 Å². The minimum absolute atomic E-state index is 0.0419. The number of halogens is 2. The van der Waals surface area contributed by atoms with Crippen molar-refractivity contribution < 1.29 is 4.79 Å². The first-order valence-electron chi connectivity index (χ1n) is 6.68. The number of hydrogen-bond acceptors (Lipinski definition) is 1. The van der Waals surface area contributed by atoms with Crippen LogP contribution in [0.1, 0.15) is 25.0 Å². The van der Waals surface area contributed by atoms with Gasteiger partial charge in [0.25, 0.3) is 0 Å². The molecule has 0 saturated heterocycles. The molecule has 2 aromatic rings. The Hall–Kier alpha value is -1.51. The molecule has 0 aliphatic rings. The summed E-state index contributed by atoms with van der Waals surface area (Å²) in [5, 5.41) is 4.27. The molecule has 0 spiro atoms. The Kier molecular flexibility index (Phi) is 4.92. The summed E-state index contributed by atoms with van der Waals surface area (Å²) < 4.78 is 0. The van der Waals surface area contributed by atoms with Crippen molar-refractivity contribution >= 4 is 29.1 Å². The van der Waals surface area contributed by atoms with Gasteiger partial charge in [-0.15, -0.1) is 0 Å². The number of benzene rings is 2. The molecule has 1 amide bonds. The van der Waals surface area contributed by atoms with Crippen molar-refractivity contribution in [2.45, 2.75) is 25.8 Å². The quantitative estimate of drug-likeness (QED) is 0.876. The van der Waals surface area contributed by atoms with Crippen LogP contribution >= 0.6 is 23.2 Å². The summed E-state index contributed by atoms with van der Waals surface area (Å²) in [6.07, 6.45) is 0. The first-order valence-corrected chi connectivity index (χ1v) is 7.44. The third-order valence-corrected chi connectivity index (χ3v) is 3.97. The first kappa shape index (κ1) is 15.9. The van der Waals surface area contributed by atoms with Crippen molar-refractivity contribution in [1.82, 2.24) is 5.32 Å². The van der Waals surface area contributed by atoms with E-state index >= 15 is 0 Å². The second-order valence-electron chi connectivity index (χ2n) is 5.44. The van der Waals surface area contributed by atoms with Crippen LogP contribution < -0.4 is 5.32 Å². The highest BCUT2D eigenvalue weighted by atomic mass is 35.5. The number of carbonyl (C=O) groups excluding carboxylic acids is 1. The molecule has 0 unspecified atom stereocenters. The van der Waals surface area contributed by atoms with Crippen LogP contribution in [0.4, 0.5) is 0 Å². The van der Waals surface area contributed by atoms with Gasteiger partial charge in [-0.05, 0) is 49.2 Å². The van der Waals surface area contributed by atoms with Gasteiger partial charge in [0.1, 0.15) is 0 Å². The smallest absolute Gasteiger partial charge is 0.230 e. The normalized spacial score (nSPS) is 11.2. The van der Waals surface area contributed by atoms with Crippen LogP contribution in [-0.4, -0.2) is 5.91 Å². The highest BCUT2D eigenvalue weighted by molar-refractivity contribution is 6.30. The molecule has 0 aliphatic heterocycles. The summed E-state index contributed by atoms with van der Waals surface area (Å²) in [5.41, 5.74) is 1.26. The molecule has 0 saturated carbocycles. The van der Waals surface area contributed by atoms with E-state index in [4.69, 9.17) is 23.2 Å². The zero-order valence-corrected chi connectivity index (χ0v) is 13.5. The van der Waals surface area contributed by atoms with Crippen LogP contribution in [0, 0.1) is 0 Å². The number of hydrogen-bond donors (Lipinski definition) is 1. The molecule has 0 atom stereocenters. The second kappa shape index (κ2) is 6.50. The van der Waals surface area contributed by atoms with Gasteiger partial charge in [-0.3, -0.25) is 4.79 Å². The maximum absolute atomic E-state index is 12.4. The minimum atomic E-state index is -0.642. The van der Waals surface area contributed by atoms with E-state index in [1.54, 1.807) is 6.07 Å². The molecule has 1 N–H and O–H groups in total. The lowest BCUT2D eigenvalue weighted by molar-refractivity contribution is -0.125. The Bertz CT molecular complexity index is 635. The van der Waals surface area contributed by atoms with Crippen molar-refractivity contribution in [2.75, 3.05) is 0 Å². The molecule has 0 aliphatic carbocycles. The molecule has 2 rings (SSSR count). The SMILES string of the molecule is CC(C)(C(=O)NCc1ccc(Cl)cc1)c1cccc(Cl)c1. The van der Waals surface area contributed by atoms with E-state index in [1.807, 2.05) is 56.3 Å². The van der Waals surface area contributed by atoms with E-state index in [1.165, 1.54) is 0 Å². The van der Waals surface area contributed by atoms with Crippen molar-refractivity contribution in [3.05, 3.63) is 69.7 Å². The van der Waals surface area contributed by atoms with Gasteiger partial charge in [0, 0.05) is 16.6 Å². The summed E-state index contributed by atoms with van der Waals surface area (Å²) in [6.45, 7) is 4.24. The maximum Gasteiger partial charge on any atom is 0.230 e. The largest absolute Gasteiger partial charge is 0.351 e. The molecule has 0 heterocycles. The van der Waals surface area contributed by atoms with E-state index < -0.39 is 5.41 Å². The van der Waals surface area contributed by atoms with Crippen LogP contribution in [-0.2, 0) is 16.8 Å². The molecule has 2 nitrogen and oxygen atoms in total. The van der Waals surface area contributed by atoms with Crippen LogP contribution in [0.25, 0.3) is 0 Å². The molecule has 0 aromatic heterocycles. The molecule has 4 heteroatoms. The van der Waals surface area contributed by atoms with E-state index in [9.17, 15) is 4.79 Å². The average molecular weight is 322 g/mol. The van der Waals surface area contributed by atoms with Crippen LogP contribution in [0.15, 0.2) is 48.5 Å². The van der Waals surface area contributed by atoms with Gasteiger partial charge in [-0.2, -0.15) is 0 Å². The van der Waals surface area contributed by atoms with E-state index in [0.717, 1.165) is 11.1 Å². The topological polar surface area (TPSA) is 29.1 Å². The lowest BCUT2D eigenvalue weighted by atomic mass is 9.83. The fraction of sp³-hybridized carbons (Fsp3) is 0.235. The monoisotopic (exact) mass is 321 g/mol. The minimum Gasteiger partial charge on any atom is -0.351 e. The Morgan fingerprint density at radius 3 is 2.33 bits per heavy atom. The summed E-state index contributed by atoms with van der Waals surface area (Å²) >= 11 is 11.8. The van der Waals surface area contributed by atoms with Crippen molar-refractivity contribution in [3.8, 4) is 0 Å². The summed E-state index contributed by atoms with van der Waals surface area (Å²) in [4.78, 5) is 12.4. The van der Waals surface area contributed by atoms with Gasteiger partial charge in [-0.1, -0.05) is 47.5 Å². The predicted octanol–water partition coefficient (Wildman–Crippen LogP) is 4.59. The predicted molar refractivity (Wildman–Crippen MR) is 87.8 cm³/mol. The number of amides is 1. The maximum atomic E-state index is 12.4. The second-order valence-corrected chi connectivity index (χ2v) is 6.32. The lowest BCUT2D eigenvalue weighted by Crippen LogP contribution is -2.39. The van der Waals surface area contributed by atoms with Crippen LogP contribution in [0.3, 0.4) is 0 Å². The van der Waals surface area contributed by atoms with Crippen LogP contribution in [0.5, 0.6) is 0 Å². The summed E-state index contributed by atoms with van der Waals surface area (Å²) in [6, 6.07) is 14.8. The highest BCUT2D eigenvalue weighted by Gasteiger charge is 2.29. The van der Waals surface area contributed by atoms with Gasteiger partial charge >= 0.3 is 0 Å². The van der Waals surface area contributed by atoms with E-state index in [-0.39, 0.29) is 5.91 Å². The summed E-state index contributed by atoms with van der Waals surface area (Å²) in [7, 11) is 0. The van der Waals surface area contributed by atoms with Gasteiger partial charge < -0.3 is 5.32 Å². The lowest BCUT2D eigenvalue weighted by Gasteiger charge is -2.24. The molecular formula is C17H17Cl2NO. The van der Waals surface area contributed by atoms with E-state index in [0.29, 0.717) is 16.6 Å². The van der Waals surface area contributed by atoms with E-state index in [2.05, 4.69) is 5.32 Å². The molecule has 0 fully saturated rings. The van der Waals surface area contributed by atoms with Crippen molar-refractivity contribution in [1.29, 1.82) is 0 Å². The van der Waals surface area contributed by atoms with Crippen molar-refractivity contribution in [2.24, 2.45) is 0 Å². The Morgan fingerprint density at radius 1 is 1.05 bits per heavy atom. The van der Waals surface area contributed by atoms with Crippen molar-refractivity contribution in [3.63, 3.8) is 0 Å². The summed E-state index contributed by atoms with van der Waals surface area (Å²) in [5.74, 6) is -0.0419. The van der Waals surface area contributed by atoms with Gasteiger partial charge in [0.15, 0.2) is 0 Å². The standard InChI is InChI=1S/C17H17Cl2NO/c1-17(2,13-4-3-5-15(19)10-13)16(21)20-11-12-6-8-14(18)9-7-12/h3-10H,11H2,1-2H3,(H,20,21). The number of rotatable bonds is 4. The average Bonchev–Trinajstić information content (AvgIpc) is 2.46. The highest BCUT2D eigenvalue weighted by Crippen LogP contribution is 2.26. The van der Waals surface area contributed by atoms with Gasteiger partial charge in [0.2, 0.25) is 5.91 Å². The fourth-order valence-corrected chi connectivity index (χ4v) is 2.33. The first-order chi connectivity index (χ1) is 9.89. The molecule has 2 aromatic carbocycles. The third kappa shape index (κ3) is 3.99. The fourth-order valence-electron chi connectivity index (χ4n) is 2.01. The molecule has 110 valence electrons. The third-order valence-electron chi connectivity index (χ3n) is 3.48. The molecular weight excluding hydrogens is 305 g/mol. The van der Waals surface area contributed by atoms with Gasteiger partial charge in [0.05, 0.1) is 5.41 Å². The van der Waals surface area contributed by atoms with Crippen LogP contribution in [0.2, 0.25) is 10.0 Å². The Labute approximate surface area is 135 Å². The number of nitrogens with one attached hydrogen (secondary N) is 1.